The third-order valence-electron chi connectivity index (χ3n) is 4.07. The van der Waals surface area contributed by atoms with Gasteiger partial charge in [-0.05, 0) is 24.6 Å². The Balaban J connectivity index is 1.90. The van der Waals surface area contributed by atoms with Crippen molar-refractivity contribution in [3.05, 3.63) is 57.2 Å². The number of nitro benzene ring substituents is 1. The van der Waals surface area contributed by atoms with Crippen molar-refractivity contribution in [2.75, 3.05) is 0 Å². The highest BCUT2D eigenvalue weighted by Gasteiger charge is 2.39. The molecule has 0 aliphatic carbocycles. The molecular weight excluding hydrogens is 404 g/mol. The predicted octanol–water partition coefficient (Wildman–Crippen LogP) is 3.92. The largest absolute Gasteiger partial charge is 0.480 e. The van der Waals surface area contributed by atoms with E-state index in [4.69, 9.17) is 16.6 Å². The summed E-state index contributed by atoms with van der Waals surface area (Å²) in [5.74, 6) is -1.05. The van der Waals surface area contributed by atoms with Crippen molar-refractivity contribution in [3.8, 4) is 11.3 Å². The molecular formula is C18H14N2O6S2. The summed E-state index contributed by atoms with van der Waals surface area (Å²) in [6, 6.07) is 8.28. The fourth-order valence-electron chi connectivity index (χ4n) is 2.76. The topological polar surface area (TPSA) is 114 Å². The van der Waals surface area contributed by atoms with Crippen LogP contribution >= 0.6 is 24.0 Å². The number of nitrogens with zero attached hydrogens (tertiary/aromatic N) is 2. The lowest BCUT2D eigenvalue weighted by molar-refractivity contribution is -0.384. The number of carbonyl (C=O) groups is 2. The molecule has 0 unspecified atom stereocenters. The van der Waals surface area contributed by atoms with Crippen LogP contribution in [0.1, 0.15) is 19.1 Å². The lowest BCUT2D eigenvalue weighted by atomic mass is 10.1. The molecule has 1 fully saturated rings. The fraction of sp³-hybridized carbons (Fsp3) is 0.167. The van der Waals surface area contributed by atoms with Crippen LogP contribution in [0, 0.1) is 10.1 Å². The van der Waals surface area contributed by atoms with Crippen molar-refractivity contribution in [1.82, 2.24) is 4.90 Å². The third kappa shape index (κ3) is 3.69. The zero-order valence-electron chi connectivity index (χ0n) is 14.5. The molecule has 1 aliphatic rings. The minimum Gasteiger partial charge on any atom is -0.480 e. The number of aliphatic carboxylic acids is 1. The Bertz CT molecular complexity index is 1010. The highest BCUT2D eigenvalue weighted by Crippen LogP contribution is 2.36. The lowest BCUT2D eigenvalue weighted by Crippen LogP contribution is -2.43. The number of carboxylic acids is 1. The van der Waals surface area contributed by atoms with Crippen LogP contribution in [0.5, 0.6) is 0 Å². The van der Waals surface area contributed by atoms with E-state index in [1.54, 1.807) is 37.3 Å². The van der Waals surface area contributed by atoms with Gasteiger partial charge in [-0.2, -0.15) is 0 Å². The molecule has 1 saturated heterocycles. The Hall–Kier alpha value is -2.98. The average Bonchev–Trinajstić information content (AvgIpc) is 3.22. The monoisotopic (exact) mass is 418 g/mol. The van der Waals surface area contributed by atoms with E-state index in [1.807, 2.05) is 0 Å². The zero-order chi connectivity index (χ0) is 20.4. The minimum atomic E-state index is -1.13. The molecule has 3 rings (SSSR count). The van der Waals surface area contributed by atoms with Crippen molar-refractivity contribution in [2.24, 2.45) is 0 Å². The smallest absolute Gasteiger partial charge is 0.326 e. The van der Waals surface area contributed by atoms with Gasteiger partial charge >= 0.3 is 5.97 Å². The van der Waals surface area contributed by atoms with Crippen LogP contribution in [0.2, 0.25) is 0 Å². The molecule has 1 amide bonds. The summed E-state index contributed by atoms with van der Waals surface area (Å²) in [4.78, 5) is 36.0. The number of para-hydroxylation sites is 1. The highest BCUT2D eigenvalue weighted by molar-refractivity contribution is 8.26. The molecule has 1 N–H and O–H groups in total. The van der Waals surface area contributed by atoms with Gasteiger partial charge in [0, 0.05) is 12.1 Å². The number of benzene rings is 1. The summed E-state index contributed by atoms with van der Waals surface area (Å²) in [6.07, 6.45) is 1.67. The van der Waals surface area contributed by atoms with Crippen LogP contribution in [0.25, 0.3) is 17.4 Å². The fourth-order valence-corrected chi connectivity index (χ4v) is 4.10. The molecule has 0 bridgehead atoms. The normalized spacial score (nSPS) is 16.6. The number of carboxylic acid groups (broad SMARTS) is 1. The van der Waals surface area contributed by atoms with Crippen molar-refractivity contribution in [2.45, 2.75) is 19.4 Å². The van der Waals surface area contributed by atoms with Crippen molar-refractivity contribution < 1.29 is 24.0 Å². The SMILES string of the molecule is CC[C@H](C(=O)O)N1C(=O)/C(=C\c2ccc(-c3ccccc3[N+](=O)[O-])o2)SC1=S. The summed E-state index contributed by atoms with van der Waals surface area (Å²) in [5, 5.41) is 20.5. The summed E-state index contributed by atoms with van der Waals surface area (Å²) in [5.41, 5.74) is 0.221. The van der Waals surface area contributed by atoms with Crippen LogP contribution in [0.15, 0.2) is 45.7 Å². The molecule has 1 aromatic carbocycles. The van der Waals surface area contributed by atoms with Gasteiger partial charge in [0.05, 0.1) is 15.4 Å². The standard InChI is InChI=1S/C18H14N2O6S2/c1-2-12(17(22)23)19-16(21)15(28-18(19)27)9-10-7-8-14(26-10)11-5-3-4-6-13(11)20(24)25/h3-9,12H,2H2,1H3,(H,22,23)/b15-9+/t12-/m1/s1. The molecule has 0 saturated carbocycles. The van der Waals surface area contributed by atoms with Gasteiger partial charge in [0.1, 0.15) is 21.9 Å². The Morgan fingerprint density at radius 3 is 2.75 bits per heavy atom. The van der Waals surface area contributed by atoms with E-state index in [0.717, 1.165) is 16.7 Å². The van der Waals surface area contributed by atoms with Gasteiger partial charge in [0.15, 0.2) is 0 Å². The highest BCUT2D eigenvalue weighted by atomic mass is 32.2. The number of furan rings is 1. The molecule has 1 aliphatic heterocycles. The quantitative estimate of drug-likeness (QED) is 0.325. The maximum Gasteiger partial charge on any atom is 0.326 e. The average molecular weight is 418 g/mol. The molecule has 1 aromatic heterocycles. The first-order valence-electron chi connectivity index (χ1n) is 8.17. The lowest BCUT2D eigenvalue weighted by Gasteiger charge is -2.21. The molecule has 8 nitrogen and oxygen atoms in total. The summed E-state index contributed by atoms with van der Waals surface area (Å²) < 4.78 is 5.81. The first-order valence-corrected chi connectivity index (χ1v) is 9.39. The number of carbonyl (C=O) groups excluding carboxylic acids is 1. The van der Waals surface area contributed by atoms with Crippen LogP contribution < -0.4 is 0 Å². The van der Waals surface area contributed by atoms with E-state index in [0.29, 0.717) is 11.3 Å². The van der Waals surface area contributed by atoms with Crippen LogP contribution in [-0.2, 0) is 9.59 Å². The number of amides is 1. The van der Waals surface area contributed by atoms with Gasteiger partial charge in [-0.25, -0.2) is 4.79 Å². The van der Waals surface area contributed by atoms with E-state index in [2.05, 4.69) is 0 Å². The Kier molecular flexibility index (Phi) is 5.61. The summed E-state index contributed by atoms with van der Waals surface area (Å²) in [6.45, 7) is 1.66. The summed E-state index contributed by atoms with van der Waals surface area (Å²) >= 11 is 6.15. The number of nitro groups is 1. The van der Waals surface area contributed by atoms with E-state index >= 15 is 0 Å². The number of hydrogen-bond donors (Lipinski definition) is 1. The number of hydrogen-bond acceptors (Lipinski definition) is 7. The molecule has 144 valence electrons. The zero-order valence-corrected chi connectivity index (χ0v) is 16.2. The predicted molar refractivity (Wildman–Crippen MR) is 108 cm³/mol. The Labute approximate surface area is 169 Å². The molecule has 1 atom stereocenters. The molecule has 2 aromatic rings. The second-order valence-corrected chi connectivity index (χ2v) is 7.47. The molecule has 28 heavy (non-hydrogen) atoms. The van der Waals surface area contributed by atoms with Crippen molar-refractivity contribution >= 4 is 51.9 Å². The number of thioether (sulfide) groups is 1. The maximum absolute atomic E-state index is 12.6. The summed E-state index contributed by atoms with van der Waals surface area (Å²) in [7, 11) is 0. The minimum absolute atomic E-state index is 0.0954. The third-order valence-corrected chi connectivity index (χ3v) is 5.40. The number of thiocarbonyl (C=S) groups is 1. The van der Waals surface area contributed by atoms with Crippen LogP contribution in [-0.4, -0.2) is 37.2 Å². The Morgan fingerprint density at radius 2 is 2.11 bits per heavy atom. The van der Waals surface area contributed by atoms with E-state index in [9.17, 15) is 24.8 Å². The van der Waals surface area contributed by atoms with Gasteiger partial charge in [-0.3, -0.25) is 19.8 Å². The van der Waals surface area contributed by atoms with Gasteiger partial charge in [-0.15, -0.1) is 0 Å². The molecule has 0 spiro atoms. The second-order valence-electron chi connectivity index (χ2n) is 5.79. The number of rotatable bonds is 6. The second kappa shape index (κ2) is 7.95. The van der Waals surface area contributed by atoms with Gasteiger partial charge in [0.25, 0.3) is 11.6 Å². The first kappa shape index (κ1) is 19.8. The van der Waals surface area contributed by atoms with E-state index < -0.39 is 22.8 Å². The molecule has 0 radical (unpaired) electrons. The van der Waals surface area contributed by atoms with Crippen molar-refractivity contribution in [3.63, 3.8) is 0 Å². The first-order chi connectivity index (χ1) is 13.3. The van der Waals surface area contributed by atoms with Gasteiger partial charge in [0.2, 0.25) is 0 Å². The Morgan fingerprint density at radius 1 is 1.39 bits per heavy atom. The maximum atomic E-state index is 12.6. The van der Waals surface area contributed by atoms with Gasteiger partial charge < -0.3 is 9.52 Å². The molecule has 10 heteroatoms. The van der Waals surface area contributed by atoms with Crippen LogP contribution in [0.3, 0.4) is 0 Å². The van der Waals surface area contributed by atoms with E-state index in [1.165, 1.54) is 12.1 Å². The van der Waals surface area contributed by atoms with Crippen molar-refractivity contribution in [1.29, 1.82) is 0 Å². The van der Waals surface area contributed by atoms with E-state index in [-0.39, 0.29) is 27.1 Å². The van der Waals surface area contributed by atoms with Crippen LogP contribution in [0.4, 0.5) is 5.69 Å². The van der Waals surface area contributed by atoms with Gasteiger partial charge in [-0.1, -0.05) is 43.0 Å². The molecule has 2 heterocycles.